The number of rotatable bonds is 4. The van der Waals surface area contributed by atoms with Crippen molar-refractivity contribution in [1.29, 1.82) is 0 Å². The van der Waals surface area contributed by atoms with Crippen molar-refractivity contribution in [2.45, 2.75) is 18.9 Å². The van der Waals surface area contributed by atoms with Gasteiger partial charge in [0.1, 0.15) is 0 Å². The van der Waals surface area contributed by atoms with Crippen molar-refractivity contribution in [2.24, 2.45) is 0 Å². The first-order chi connectivity index (χ1) is 10.2. The van der Waals surface area contributed by atoms with Gasteiger partial charge < -0.3 is 10.1 Å². The molecular formula is C14H16BrNO5S. The third-order valence-corrected chi connectivity index (χ3v) is 5.74. The highest BCUT2D eigenvalue weighted by Crippen LogP contribution is 2.22. The maximum Gasteiger partial charge on any atom is 0.338 e. The van der Waals surface area contributed by atoms with Gasteiger partial charge in [0.2, 0.25) is 0 Å². The van der Waals surface area contributed by atoms with E-state index in [9.17, 15) is 18.0 Å². The molecule has 2 rings (SSSR count). The average molecular weight is 390 g/mol. The van der Waals surface area contributed by atoms with Crippen molar-refractivity contribution in [3.05, 3.63) is 34.3 Å². The molecule has 1 atom stereocenters. The summed E-state index contributed by atoms with van der Waals surface area (Å²) in [5.41, 5.74) is -0.463. The van der Waals surface area contributed by atoms with Crippen molar-refractivity contribution in [1.82, 2.24) is 5.32 Å². The predicted octanol–water partition coefficient (Wildman–Crippen LogP) is 1.30. The van der Waals surface area contributed by atoms with Crippen LogP contribution in [0.2, 0.25) is 0 Å². The van der Waals surface area contributed by atoms with E-state index in [1.54, 1.807) is 31.2 Å². The number of carbonyl (C=O) groups is 2. The molecular weight excluding hydrogens is 374 g/mol. The summed E-state index contributed by atoms with van der Waals surface area (Å²) in [5.74, 6) is -1.16. The molecule has 0 unspecified atom stereocenters. The largest absolute Gasteiger partial charge is 0.452 e. The van der Waals surface area contributed by atoms with Gasteiger partial charge in [-0.05, 0) is 31.5 Å². The molecule has 0 aliphatic carbocycles. The van der Waals surface area contributed by atoms with Gasteiger partial charge in [0.15, 0.2) is 16.4 Å². The fraction of sp³-hybridized carbons (Fsp3) is 0.429. The summed E-state index contributed by atoms with van der Waals surface area (Å²) < 4.78 is 28.6. The van der Waals surface area contributed by atoms with E-state index in [0.717, 1.165) is 4.47 Å². The van der Waals surface area contributed by atoms with E-state index in [-0.39, 0.29) is 11.5 Å². The second-order valence-corrected chi connectivity index (χ2v) is 8.64. The summed E-state index contributed by atoms with van der Waals surface area (Å²) >= 11 is 3.24. The Kier molecular flexibility index (Phi) is 4.91. The van der Waals surface area contributed by atoms with E-state index in [1.807, 2.05) is 0 Å². The Balaban J connectivity index is 1.87. The number of carbonyl (C=O) groups excluding carboxylic acids is 2. The number of esters is 1. The number of benzene rings is 1. The van der Waals surface area contributed by atoms with E-state index in [0.29, 0.717) is 12.0 Å². The lowest BCUT2D eigenvalue weighted by molar-refractivity contribution is -0.125. The van der Waals surface area contributed by atoms with Crippen LogP contribution in [0.4, 0.5) is 0 Å². The minimum Gasteiger partial charge on any atom is -0.452 e. The van der Waals surface area contributed by atoms with Crippen molar-refractivity contribution < 1.29 is 22.7 Å². The van der Waals surface area contributed by atoms with Gasteiger partial charge in [-0.15, -0.1) is 0 Å². The van der Waals surface area contributed by atoms with Crippen LogP contribution in [0.1, 0.15) is 23.7 Å². The maximum atomic E-state index is 11.8. The maximum absolute atomic E-state index is 11.8. The van der Waals surface area contributed by atoms with E-state index >= 15 is 0 Å². The van der Waals surface area contributed by atoms with Crippen LogP contribution in [0.15, 0.2) is 28.7 Å². The second kappa shape index (κ2) is 6.37. The zero-order valence-electron chi connectivity index (χ0n) is 12.0. The van der Waals surface area contributed by atoms with Crippen molar-refractivity contribution in [3.8, 4) is 0 Å². The smallest absolute Gasteiger partial charge is 0.338 e. The highest BCUT2D eigenvalue weighted by molar-refractivity contribution is 9.10. The van der Waals surface area contributed by atoms with Crippen LogP contribution >= 0.6 is 15.9 Å². The molecule has 0 radical (unpaired) electrons. The predicted molar refractivity (Wildman–Crippen MR) is 84.2 cm³/mol. The van der Waals surface area contributed by atoms with E-state index in [4.69, 9.17) is 4.74 Å². The van der Waals surface area contributed by atoms with Crippen molar-refractivity contribution in [2.75, 3.05) is 18.1 Å². The molecule has 1 heterocycles. The molecule has 1 aliphatic rings. The number of hydrogen-bond donors (Lipinski definition) is 1. The number of ether oxygens (including phenoxy) is 1. The third kappa shape index (κ3) is 4.54. The van der Waals surface area contributed by atoms with Gasteiger partial charge in [0.05, 0.1) is 22.6 Å². The molecule has 6 nitrogen and oxygen atoms in total. The van der Waals surface area contributed by atoms with Gasteiger partial charge in [0.25, 0.3) is 5.91 Å². The van der Waals surface area contributed by atoms with Crippen LogP contribution in [0, 0.1) is 0 Å². The zero-order valence-corrected chi connectivity index (χ0v) is 14.4. The molecule has 0 aromatic heterocycles. The van der Waals surface area contributed by atoms with Gasteiger partial charge in [-0.25, -0.2) is 13.2 Å². The van der Waals surface area contributed by atoms with Crippen molar-refractivity contribution in [3.63, 3.8) is 0 Å². The topological polar surface area (TPSA) is 89.5 Å². The second-order valence-electron chi connectivity index (χ2n) is 5.54. The first kappa shape index (κ1) is 17.0. The molecule has 1 aliphatic heterocycles. The highest BCUT2D eigenvalue weighted by Gasteiger charge is 2.39. The van der Waals surface area contributed by atoms with Crippen LogP contribution in [0.5, 0.6) is 0 Å². The molecule has 1 N–H and O–H groups in total. The molecule has 1 fully saturated rings. The molecule has 1 aromatic rings. The summed E-state index contributed by atoms with van der Waals surface area (Å²) in [4.78, 5) is 23.6. The molecule has 0 saturated carbocycles. The number of hydrogen-bond acceptors (Lipinski definition) is 5. The summed E-state index contributed by atoms with van der Waals surface area (Å²) in [6, 6.07) is 6.62. The number of amides is 1. The van der Waals surface area contributed by atoms with Crippen LogP contribution in [0.3, 0.4) is 0 Å². The molecule has 1 saturated heterocycles. The SMILES string of the molecule is C[C@]1(NC(=O)COC(=O)c2cccc(Br)c2)CCS(=O)(=O)C1. The molecule has 22 heavy (non-hydrogen) atoms. The van der Waals surface area contributed by atoms with Gasteiger partial charge in [-0.1, -0.05) is 22.0 Å². The van der Waals surface area contributed by atoms with Crippen LogP contribution in [0.25, 0.3) is 0 Å². The van der Waals surface area contributed by atoms with E-state index in [1.165, 1.54) is 0 Å². The lowest BCUT2D eigenvalue weighted by Crippen LogP contribution is -2.48. The Morgan fingerprint density at radius 2 is 2.14 bits per heavy atom. The first-order valence-electron chi connectivity index (χ1n) is 6.63. The number of halogens is 1. The quantitative estimate of drug-likeness (QED) is 0.783. The molecule has 1 aromatic carbocycles. The zero-order chi connectivity index (χ0) is 16.4. The van der Waals surface area contributed by atoms with Crippen LogP contribution < -0.4 is 5.32 Å². The molecule has 8 heteroatoms. The van der Waals surface area contributed by atoms with Crippen LogP contribution in [-0.4, -0.2) is 43.9 Å². The van der Waals surface area contributed by atoms with Crippen molar-refractivity contribution >= 4 is 37.6 Å². The first-order valence-corrected chi connectivity index (χ1v) is 9.25. The fourth-order valence-electron chi connectivity index (χ4n) is 2.31. The Morgan fingerprint density at radius 3 is 2.73 bits per heavy atom. The minimum absolute atomic E-state index is 0.0572. The Hall–Kier alpha value is -1.41. The van der Waals surface area contributed by atoms with Gasteiger partial charge in [-0.2, -0.15) is 0 Å². The molecule has 0 bridgehead atoms. The number of nitrogens with one attached hydrogen (secondary N) is 1. The van der Waals surface area contributed by atoms with Gasteiger partial charge >= 0.3 is 5.97 Å². The third-order valence-electron chi connectivity index (χ3n) is 3.34. The van der Waals surface area contributed by atoms with Gasteiger partial charge in [0, 0.05) is 4.47 Å². The highest BCUT2D eigenvalue weighted by atomic mass is 79.9. The minimum atomic E-state index is -3.11. The monoisotopic (exact) mass is 389 g/mol. The Labute approximate surface area is 137 Å². The number of sulfone groups is 1. The lowest BCUT2D eigenvalue weighted by Gasteiger charge is -2.23. The lowest BCUT2D eigenvalue weighted by atomic mass is 10.0. The summed E-state index contributed by atoms with van der Waals surface area (Å²) in [5, 5.41) is 2.62. The summed E-state index contributed by atoms with van der Waals surface area (Å²) in [6.07, 6.45) is 0.362. The van der Waals surface area contributed by atoms with E-state index in [2.05, 4.69) is 21.2 Å². The van der Waals surface area contributed by atoms with Gasteiger partial charge in [-0.3, -0.25) is 4.79 Å². The van der Waals surface area contributed by atoms with E-state index < -0.39 is 33.9 Å². The Bertz CT molecular complexity index is 703. The summed E-state index contributed by atoms with van der Waals surface area (Å²) in [7, 11) is -3.11. The molecule has 1 amide bonds. The average Bonchev–Trinajstić information content (AvgIpc) is 2.69. The summed E-state index contributed by atoms with van der Waals surface area (Å²) in [6.45, 7) is 1.23. The normalized spacial score (nSPS) is 23.0. The standard InChI is InChI=1S/C14H16BrNO5S/c1-14(5-6-22(19,20)9-14)16-12(17)8-21-13(18)10-3-2-4-11(15)7-10/h2-4,7H,5-6,8-9H2,1H3,(H,16,17)/t14-/m0/s1. The fourth-order valence-corrected chi connectivity index (χ4v) is 4.80. The Morgan fingerprint density at radius 1 is 1.41 bits per heavy atom. The van der Waals surface area contributed by atoms with Crippen LogP contribution in [-0.2, 0) is 19.4 Å². The molecule has 0 spiro atoms. The molecule has 120 valence electrons.